The first kappa shape index (κ1) is 7.97. The van der Waals surface area contributed by atoms with E-state index in [1.807, 2.05) is 0 Å². The lowest BCUT2D eigenvalue weighted by Gasteiger charge is -1.97. The first-order chi connectivity index (χ1) is 4.13. The number of hydrogen-bond acceptors (Lipinski definition) is 3. The van der Waals surface area contributed by atoms with Crippen molar-refractivity contribution in [3.05, 3.63) is 12.3 Å². The molecule has 0 unspecified atom stereocenters. The second-order valence-corrected chi connectivity index (χ2v) is 1.64. The van der Waals surface area contributed by atoms with E-state index in [4.69, 9.17) is 10.8 Å². The molecule has 0 aliphatic rings. The van der Waals surface area contributed by atoms with Crippen molar-refractivity contribution in [3.63, 3.8) is 0 Å². The highest BCUT2D eigenvalue weighted by Crippen LogP contribution is 1.73. The van der Waals surface area contributed by atoms with Crippen LogP contribution in [0.1, 0.15) is 0 Å². The Hall–Kier alpha value is -1.03. The maximum Gasteiger partial charge on any atom is 0.231 e. The number of aliphatic hydroxyl groups is 1. The molecule has 52 valence electrons. The minimum absolute atomic E-state index is 0.00347. The molecule has 0 aromatic heterocycles. The highest BCUT2D eigenvalue weighted by atomic mass is 16.3. The summed E-state index contributed by atoms with van der Waals surface area (Å²) >= 11 is 0. The highest BCUT2D eigenvalue weighted by Gasteiger charge is 1.91. The summed E-state index contributed by atoms with van der Waals surface area (Å²) in [4.78, 5) is 10.0. The molecule has 9 heavy (non-hydrogen) atoms. The van der Waals surface area contributed by atoms with E-state index in [1.165, 1.54) is 0 Å². The Balaban J connectivity index is 3.10. The zero-order valence-corrected chi connectivity index (χ0v) is 5.05. The van der Waals surface area contributed by atoms with Crippen molar-refractivity contribution in [1.82, 2.24) is 5.32 Å². The smallest absolute Gasteiger partial charge is 0.231 e. The van der Waals surface area contributed by atoms with E-state index in [-0.39, 0.29) is 18.8 Å². The third-order valence-corrected chi connectivity index (χ3v) is 0.628. The molecular formula is C5H10N2O2. The van der Waals surface area contributed by atoms with Crippen molar-refractivity contribution >= 4 is 5.91 Å². The van der Waals surface area contributed by atoms with Crippen LogP contribution in [0.15, 0.2) is 12.3 Å². The van der Waals surface area contributed by atoms with Gasteiger partial charge in [-0.3, -0.25) is 4.79 Å². The molecule has 0 fully saturated rings. The standard InChI is InChI=1S/C5H10N2O2/c1-4(8)2-7-3-5(6)9/h7-8H,1-3H2,(H2,6,9). The van der Waals surface area contributed by atoms with Crippen molar-refractivity contribution in [2.24, 2.45) is 5.73 Å². The van der Waals surface area contributed by atoms with Crippen LogP contribution in [-0.4, -0.2) is 24.1 Å². The van der Waals surface area contributed by atoms with Gasteiger partial charge in [-0.15, -0.1) is 0 Å². The van der Waals surface area contributed by atoms with Gasteiger partial charge in [0.1, 0.15) is 0 Å². The molecule has 4 nitrogen and oxygen atoms in total. The van der Waals surface area contributed by atoms with Crippen LogP contribution in [0.3, 0.4) is 0 Å². The Bertz CT molecular complexity index is 108. The predicted molar refractivity (Wildman–Crippen MR) is 33.8 cm³/mol. The Morgan fingerprint density at radius 2 is 2.22 bits per heavy atom. The molecule has 0 atom stereocenters. The molecule has 0 aliphatic heterocycles. The summed E-state index contributed by atoms with van der Waals surface area (Å²) in [6.45, 7) is 3.47. The van der Waals surface area contributed by atoms with Crippen molar-refractivity contribution < 1.29 is 9.90 Å². The molecule has 1 amide bonds. The third kappa shape index (κ3) is 6.97. The Morgan fingerprint density at radius 1 is 1.67 bits per heavy atom. The van der Waals surface area contributed by atoms with Crippen LogP contribution < -0.4 is 11.1 Å². The minimum atomic E-state index is -0.448. The molecule has 0 rings (SSSR count). The third-order valence-electron chi connectivity index (χ3n) is 0.628. The molecule has 0 saturated heterocycles. The number of amides is 1. The lowest BCUT2D eigenvalue weighted by atomic mass is 10.5. The normalized spacial score (nSPS) is 8.89. The van der Waals surface area contributed by atoms with Gasteiger partial charge in [0, 0.05) is 0 Å². The largest absolute Gasteiger partial charge is 0.512 e. The highest BCUT2D eigenvalue weighted by molar-refractivity contribution is 5.75. The van der Waals surface area contributed by atoms with Gasteiger partial charge in [0.15, 0.2) is 0 Å². The van der Waals surface area contributed by atoms with Gasteiger partial charge in [0.2, 0.25) is 5.91 Å². The Morgan fingerprint density at radius 3 is 2.56 bits per heavy atom. The zero-order chi connectivity index (χ0) is 7.28. The molecule has 0 aromatic carbocycles. The summed E-state index contributed by atoms with van der Waals surface area (Å²) in [5.74, 6) is -0.451. The molecular weight excluding hydrogens is 120 g/mol. The number of aliphatic hydroxyl groups excluding tert-OH is 1. The van der Waals surface area contributed by atoms with E-state index < -0.39 is 5.91 Å². The quantitative estimate of drug-likeness (QED) is 0.433. The molecule has 0 aromatic rings. The van der Waals surface area contributed by atoms with Crippen LogP contribution in [-0.2, 0) is 4.79 Å². The first-order valence-electron chi connectivity index (χ1n) is 2.48. The fourth-order valence-electron chi connectivity index (χ4n) is 0.330. The fraction of sp³-hybridized carbons (Fsp3) is 0.400. The van der Waals surface area contributed by atoms with Crippen molar-refractivity contribution in [2.45, 2.75) is 0 Å². The number of nitrogens with two attached hydrogens (primary N) is 1. The Labute approximate surface area is 53.4 Å². The number of primary amides is 1. The van der Waals surface area contributed by atoms with E-state index >= 15 is 0 Å². The second kappa shape index (κ2) is 3.91. The predicted octanol–water partition coefficient (Wildman–Crippen LogP) is -0.867. The van der Waals surface area contributed by atoms with E-state index in [2.05, 4.69) is 11.9 Å². The lowest BCUT2D eigenvalue weighted by Crippen LogP contribution is -2.29. The molecule has 0 saturated carbocycles. The maximum absolute atomic E-state index is 10.0. The summed E-state index contributed by atoms with van der Waals surface area (Å²) in [6, 6.07) is 0. The molecule has 0 radical (unpaired) electrons. The molecule has 4 heteroatoms. The average Bonchev–Trinajstić information content (AvgIpc) is 1.63. The number of carbonyl (C=O) groups excluding carboxylic acids is 1. The topological polar surface area (TPSA) is 75.3 Å². The molecule has 0 aliphatic carbocycles. The van der Waals surface area contributed by atoms with Gasteiger partial charge in [-0.1, -0.05) is 6.58 Å². The minimum Gasteiger partial charge on any atom is -0.512 e. The second-order valence-electron chi connectivity index (χ2n) is 1.64. The number of nitrogens with one attached hydrogen (secondary N) is 1. The van der Waals surface area contributed by atoms with Crippen LogP contribution in [0.4, 0.5) is 0 Å². The summed E-state index contributed by atoms with van der Waals surface area (Å²) in [5.41, 5.74) is 4.77. The summed E-state index contributed by atoms with van der Waals surface area (Å²) < 4.78 is 0. The lowest BCUT2D eigenvalue weighted by molar-refractivity contribution is -0.117. The zero-order valence-electron chi connectivity index (χ0n) is 5.05. The van der Waals surface area contributed by atoms with Crippen LogP contribution in [0.2, 0.25) is 0 Å². The molecule has 0 spiro atoms. The van der Waals surface area contributed by atoms with Gasteiger partial charge in [0.25, 0.3) is 0 Å². The van der Waals surface area contributed by atoms with Gasteiger partial charge in [-0.2, -0.15) is 0 Å². The number of hydrogen-bond donors (Lipinski definition) is 3. The van der Waals surface area contributed by atoms with Crippen molar-refractivity contribution in [3.8, 4) is 0 Å². The van der Waals surface area contributed by atoms with Crippen LogP contribution >= 0.6 is 0 Å². The summed E-state index contributed by atoms with van der Waals surface area (Å²) in [7, 11) is 0. The van der Waals surface area contributed by atoms with Crippen LogP contribution in [0, 0.1) is 0 Å². The van der Waals surface area contributed by atoms with Crippen LogP contribution in [0.5, 0.6) is 0 Å². The summed E-state index contributed by atoms with van der Waals surface area (Å²) in [5, 5.41) is 11.0. The Kier molecular flexibility index (Phi) is 3.46. The van der Waals surface area contributed by atoms with Gasteiger partial charge in [-0.25, -0.2) is 0 Å². The SMILES string of the molecule is C=C(O)CNCC(N)=O. The van der Waals surface area contributed by atoms with E-state index in [9.17, 15) is 4.79 Å². The van der Waals surface area contributed by atoms with Crippen molar-refractivity contribution in [1.29, 1.82) is 0 Å². The van der Waals surface area contributed by atoms with Gasteiger partial charge in [0.05, 0.1) is 18.8 Å². The first-order valence-corrected chi connectivity index (χ1v) is 2.48. The molecule has 4 N–H and O–H groups in total. The van der Waals surface area contributed by atoms with Crippen LogP contribution in [0.25, 0.3) is 0 Å². The van der Waals surface area contributed by atoms with E-state index in [0.717, 1.165) is 0 Å². The monoisotopic (exact) mass is 130 g/mol. The maximum atomic E-state index is 10.0. The average molecular weight is 130 g/mol. The van der Waals surface area contributed by atoms with E-state index in [1.54, 1.807) is 0 Å². The van der Waals surface area contributed by atoms with Gasteiger partial charge in [-0.05, 0) is 0 Å². The van der Waals surface area contributed by atoms with E-state index in [0.29, 0.717) is 0 Å². The fourth-order valence-corrected chi connectivity index (χ4v) is 0.330. The summed E-state index contributed by atoms with van der Waals surface area (Å²) in [6.07, 6.45) is 0. The van der Waals surface area contributed by atoms with Crippen molar-refractivity contribution in [2.75, 3.05) is 13.1 Å². The number of rotatable bonds is 4. The molecule has 0 heterocycles. The van der Waals surface area contributed by atoms with Gasteiger partial charge < -0.3 is 16.2 Å². The number of carbonyl (C=O) groups is 1. The van der Waals surface area contributed by atoms with Gasteiger partial charge >= 0.3 is 0 Å². The molecule has 0 bridgehead atoms.